The van der Waals surface area contributed by atoms with Gasteiger partial charge in [0.15, 0.2) is 0 Å². The second-order valence-electron chi connectivity index (χ2n) is 34.0. The molecule has 14 atom stereocenters. The van der Waals surface area contributed by atoms with Crippen LogP contribution in [-0.4, -0.2) is 305 Å². The Balaban J connectivity index is 1.20. The molecule has 3 aliphatic heterocycles. The highest BCUT2D eigenvalue weighted by Crippen LogP contribution is 2.28. The fourth-order valence-corrected chi connectivity index (χ4v) is 17.2. The van der Waals surface area contributed by atoms with Crippen molar-refractivity contribution in [3.63, 3.8) is 0 Å². The summed E-state index contributed by atoms with van der Waals surface area (Å²) in [5.41, 5.74) is 19.2. The molecule has 133 heavy (non-hydrogen) atoms. The summed E-state index contributed by atoms with van der Waals surface area (Å²) in [7, 11) is 3.72. The molecule has 5 aromatic rings. The van der Waals surface area contributed by atoms with E-state index in [1.807, 2.05) is 0 Å². The first-order valence-electron chi connectivity index (χ1n) is 44.2. The highest BCUT2D eigenvalue weighted by atomic mass is 32.2. The molecule has 43 nitrogen and oxygen atoms in total. The number of nitrogens with zero attached hydrogens (tertiary/aromatic N) is 5. The molecule has 44 heteroatoms. The maximum absolute atomic E-state index is 15.7. The van der Waals surface area contributed by atoms with Gasteiger partial charge >= 0.3 is 11.9 Å². The Labute approximate surface area is 771 Å². The van der Waals surface area contributed by atoms with Crippen LogP contribution in [0.25, 0.3) is 21.8 Å². The molecule has 18 amide bonds. The van der Waals surface area contributed by atoms with Crippen molar-refractivity contribution in [3.05, 3.63) is 102 Å². The lowest BCUT2D eigenvalue weighted by atomic mass is 9.99. The maximum atomic E-state index is 15.7. The van der Waals surface area contributed by atoms with E-state index in [9.17, 15) is 77.6 Å². The first-order chi connectivity index (χ1) is 63.1. The van der Waals surface area contributed by atoms with Crippen LogP contribution in [0.3, 0.4) is 0 Å². The molecule has 8 rings (SSSR count). The van der Waals surface area contributed by atoms with Gasteiger partial charge in [-0.05, 0) is 105 Å². The van der Waals surface area contributed by atoms with E-state index < -0.39 is 253 Å². The maximum Gasteiger partial charge on any atom is 0.305 e. The summed E-state index contributed by atoms with van der Waals surface area (Å²) in [6, 6.07) is -3.82. The van der Waals surface area contributed by atoms with Crippen LogP contribution in [0.15, 0.2) is 85.2 Å². The number of carboxylic acid groups (broad SMARTS) is 2. The van der Waals surface area contributed by atoms with Gasteiger partial charge in [0.2, 0.25) is 106 Å². The zero-order valence-electron chi connectivity index (χ0n) is 75.6. The van der Waals surface area contributed by atoms with Crippen LogP contribution in [0.2, 0.25) is 0 Å². The van der Waals surface area contributed by atoms with Gasteiger partial charge in [0.25, 0.3) is 0 Å². The number of fused-ring (bicyclic) bond motifs is 4. The second kappa shape index (κ2) is 49.5. The molecule has 0 aliphatic carbocycles. The quantitative estimate of drug-likeness (QED) is 0.0287. The number of aromatic nitrogens is 2. The molecule has 0 bridgehead atoms. The first kappa shape index (κ1) is 105. The van der Waals surface area contributed by atoms with Crippen molar-refractivity contribution in [1.29, 1.82) is 0 Å². The van der Waals surface area contributed by atoms with Gasteiger partial charge in [-0.2, -0.15) is 0 Å². The van der Waals surface area contributed by atoms with E-state index in [1.54, 1.807) is 88.6 Å². The van der Waals surface area contributed by atoms with Crippen LogP contribution >= 0.6 is 11.8 Å². The summed E-state index contributed by atoms with van der Waals surface area (Å²) in [5.74, 6) is -23.2. The molecule has 3 saturated heterocycles. The fourth-order valence-electron chi connectivity index (χ4n) is 16.3. The predicted octanol–water partition coefficient (Wildman–Crippen LogP) is -1.91. The smallest absolute Gasteiger partial charge is 0.305 e. The van der Waals surface area contributed by atoms with Crippen LogP contribution in [0.5, 0.6) is 5.75 Å². The van der Waals surface area contributed by atoms with Crippen molar-refractivity contribution < 1.29 is 111 Å². The van der Waals surface area contributed by atoms with Crippen molar-refractivity contribution in [2.45, 2.75) is 241 Å². The molecule has 3 fully saturated rings. The van der Waals surface area contributed by atoms with Gasteiger partial charge in [-0.3, -0.25) is 95.9 Å². The van der Waals surface area contributed by atoms with Gasteiger partial charge in [-0.15, -0.1) is 11.8 Å². The molecule has 0 spiro atoms. The number of nitrogens with one attached hydrogen (secondary N) is 12. The van der Waals surface area contributed by atoms with E-state index >= 15 is 33.6 Å². The van der Waals surface area contributed by atoms with Crippen molar-refractivity contribution >= 4 is 152 Å². The minimum atomic E-state index is -2.05. The van der Waals surface area contributed by atoms with Gasteiger partial charge in [0, 0.05) is 99.9 Å². The van der Waals surface area contributed by atoms with E-state index in [1.165, 1.54) is 57.2 Å². The molecule has 5 heterocycles. The summed E-state index contributed by atoms with van der Waals surface area (Å²) in [4.78, 5) is 298. The number of likely N-dealkylation sites (N-methyl/N-ethyl adjacent to an activating group) is 3. The van der Waals surface area contributed by atoms with Crippen molar-refractivity contribution in [2.75, 3.05) is 52.3 Å². The summed E-state index contributed by atoms with van der Waals surface area (Å²) in [6.07, 6.45) is -0.865. The molecular formula is C89H122N20O23S. The number of phenols is 1. The first-order valence-corrected chi connectivity index (χ1v) is 45.4. The van der Waals surface area contributed by atoms with Crippen molar-refractivity contribution in [1.82, 2.24) is 87.6 Å². The van der Waals surface area contributed by atoms with Crippen LogP contribution in [-0.2, 0) is 115 Å². The number of benzene rings is 3. The zero-order valence-corrected chi connectivity index (χ0v) is 76.4. The van der Waals surface area contributed by atoms with Crippen molar-refractivity contribution in [3.8, 4) is 5.75 Å². The third kappa shape index (κ3) is 29.6. The molecule has 21 N–H and O–H groups in total. The lowest BCUT2D eigenvalue weighted by Crippen LogP contribution is -2.61. The zero-order chi connectivity index (χ0) is 97.8. The molecule has 1 unspecified atom stereocenters. The lowest BCUT2D eigenvalue weighted by molar-refractivity contribution is -0.149. The third-order valence-corrected chi connectivity index (χ3v) is 24.6. The number of primary amides is 3. The number of aromatic hydroxyl groups is 1. The molecule has 722 valence electrons. The Hall–Kier alpha value is -13.7. The number of aliphatic carboxylic acids is 2. The number of hydrogen-bond donors (Lipinski definition) is 18. The topological polar surface area (TPSA) is 648 Å². The Kier molecular flexibility index (Phi) is 39.0. The number of para-hydroxylation sites is 2. The number of rotatable bonds is 26. The number of nitrogens with two attached hydrogens (primary N) is 3. The average Bonchev–Trinajstić information content (AvgIpc) is 1.65. The molecule has 3 aromatic carbocycles. The van der Waals surface area contributed by atoms with Crippen LogP contribution in [0, 0.1) is 5.92 Å². The number of amides is 18. The van der Waals surface area contributed by atoms with Gasteiger partial charge in [-0.1, -0.05) is 102 Å². The van der Waals surface area contributed by atoms with E-state index in [2.05, 4.69) is 63.1 Å². The highest BCUT2D eigenvalue weighted by molar-refractivity contribution is 8.00. The van der Waals surface area contributed by atoms with Crippen LogP contribution in [0.1, 0.15) is 154 Å². The Bertz CT molecular complexity index is 5100. The van der Waals surface area contributed by atoms with Crippen LogP contribution < -0.4 is 70.4 Å². The number of thioether (sulfide) groups is 1. The number of aromatic amines is 2. The molecular weight excluding hydrogens is 1750 g/mol. The fraction of sp³-hybridized carbons (Fsp3) is 0.528. The number of H-pyrrole nitrogens is 2. The number of carbonyl (C=O) groups is 20. The molecule has 0 radical (unpaired) electrons. The summed E-state index contributed by atoms with van der Waals surface area (Å²) in [5, 5.41) is 57.3. The lowest BCUT2D eigenvalue weighted by Gasteiger charge is -2.36. The second-order valence-corrected chi connectivity index (χ2v) is 35.1. The van der Waals surface area contributed by atoms with E-state index in [4.69, 9.17) is 17.2 Å². The number of phenolic OH excluding ortho intramolecular Hbond substituents is 1. The largest absolute Gasteiger partial charge is 0.508 e. The van der Waals surface area contributed by atoms with E-state index in [-0.39, 0.29) is 102 Å². The van der Waals surface area contributed by atoms with Gasteiger partial charge in [0.1, 0.15) is 90.3 Å². The Morgan fingerprint density at radius 2 is 0.932 bits per heavy atom. The van der Waals surface area contributed by atoms with E-state index in [0.717, 1.165) is 19.6 Å². The van der Waals surface area contributed by atoms with Gasteiger partial charge < -0.3 is 120 Å². The Morgan fingerprint density at radius 1 is 0.474 bits per heavy atom. The minimum Gasteiger partial charge on any atom is -0.508 e. The standard InChI is InChI=1S/C89H122N20O23S/c1-9-11-23-66-82(125)97-57(31-32-74(115)116)78(121)104-65(77(120)95-44-72(92)113)45-133-46-73(114)96-62(36-49-27-29-52(110)30-28-49)85(128)105(6)48(5)76(119)101-64(40-71(91)112)88(131)109-34-18-26-68(109)84(127)100-59(39-70(90)111)80(123)102-61(35-47(3)4)87(130)108-33-17-25-67(108)83(126)99-58(37-50-42-93-55-21-15-13-19-53(50)55)79(122)98-60(41-75(117)118)81(124)103-63(38-51-43-94-56-22-16-14-20-54(51)56)86(129)107(8)69(24-12-10-2)89(132)106(66)7/h13-16,19-22,27-30,42-43,47-48,57-69,93-94,110H,9-12,17-18,23-26,31-41,44-46H2,1-8H3,(H2,90,111)(H2,91,112)(H2,92,113)(H,95,120)(H,96,114)(H,97,125)(H,98,122)(H,99,126)(H,100,127)(H,101,119)(H,102,123)(H,103,124)(H,104,121)(H,115,116)(H,117,118)/t48-,57-,58-,59-,60-,61-,62-,63-,64-,65?,66-,67-,68-,69-/m0/s1. The summed E-state index contributed by atoms with van der Waals surface area (Å²) >= 11 is 0.690. The molecule has 3 aliphatic rings. The monoisotopic (exact) mass is 1870 g/mol. The average molecular weight is 1870 g/mol. The molecule has 0 saturated carbocycles. The van der Waals surface area contributed by atoms with Gasteiger partial charge in [0.05, 0.1) is 31.6 Å². The predicted molar refractivity (Wildman–Crippen MR) is 483 cm³/mol. The summed E-state index contributed by atoms with van der Waals surface area (Å²) in [6.45, 7) is 7.19. The SMILES string of the molecule is CCCC[C@H]1C(=O)N(C)[C@@H](CCCC)C(=O)N[C@@H](CCC(=O)O)C(=O)NC(C(=O)NCC(N)=O)CSCC(=O)N[C@@H](Cc2ccc(O)cc2)C(=O)N(C)[C@@H](C)C(=O)N[C@@H](CC(N)=O)C(=O)N2CCC[C@H]2C(=O)N[C@@H](CC(N)=O)C(=O)N[C@@H](CC(C)C)C(=O)N2CCC[C@H]2C(=O)N[C@@H](Cc2c[nH]c3ccccc23)C(=O)N[C@@H](CC(=O)O)C(=O)N[C@@H](Cc2c[nH]c3ccccc23)C(=O)N1C. The summed E-state index contributed by atoms with van der Waals surface area (Å²) < 4.78 is 0. The highest BCUT2D eigenvalue weighted by Gasteiger charge is 2.46. The van der Waals surface area contributed by atoms with Crippen LogP contribution in [0.4, 0.5) is 0 Å². The van der Waals surface area contributed by atoms with E-state index in [0.29, 0.717) is 63.1 Å². The number of carboxylic acids is 2. The third-order valence-electron chi connectivity index (χ3n) is 23.6. The van der Waals surface area contributed by atoms with Crippen molar-refractivity contribution in [2.24, 2.45) is 23.1 Å². The minimum absolute atomic E-state index is 0.0220. The Morgan fingerprint density at radius 3 is 1.47 bits per heavy atom. The molecule has 2 aromatic heterocycles. The normalized spacial score (nSPS) is 24.4. The number of unbranched alkanes of at least 4 members (excludes halogenated alkanes) is 2. The van der Waals surface area contributed by atoms with Gasteiger partial charge in [-0.25, -0.2) is 0 Å². The number of hydrogen-bond acceptors (Lipinski definition) is 22. The number of carbonyl (C=O) groups excluding carboxylic acids is 18.